The van der Waals surface area contributed by atoms with Crippen LogP contribution in [0.5, 0.6) is 0 Å². The van der Waals surface area contributed by atoms with Gasteiger partial charge in [-0.05, 0) is 25.5 Å². The maximum absolute atomic E-state index is 12.2. The highest BCUT2D eigenvalue weighted by Crippen LogP contribution is 2.17. The molecule has 0 aromatic heterocycles. The number of aliphatic imine (C=N–C) groups is 1. The van der Waals surface area contributed by atoms with Crippen LogP contribution >= 0.6 is 15.9 Å². The normalized spacial score (nSPS) is 11.5. The largest absolute Gasteiger partial charge is 0.356 e. The molecular weight excluding hydrogens is 344 g/mol. The molecule has 0 aliphatic rings. The molecule has 0 aliphatic heterocycles. The van der Waals surface area contributed by atoms with Gasteiger partial charge in [-0.25, -0.2) is 0 Å². The molecule has 0 spiro atoms. The highest BCUT2D eigenvalue weighted by molar-refractivity contribution is 9.10. The Morgan fingerprint density at radius 1 is 1.36 bits per heavy atom. The van der Waals surface area contributed by atoms with Gasteiger partial charge in [0.25, 0.3) is 0 Å². The number of nitrogens with one attached hydrogen (secondary N) is 2. The van der Waals surface area contributed by atoms with E-state index >= 15 is 0 Å². The zero-order valence-corrected chi connectivity index (χ0v) is 15.3. The van der Waals surface area contributed by atoms with Crippen LogP contribution in [0.1, 0.15) is 25.8 Å². The molecular formula is C16H25BrN4O. The summed E-state index contributed by atoms with van der Waals surface area (Å²) >= 11 is 3.50. The van der Waals surface area contributed by atoms with Crippen LogP contribution in [0.2, 0.25) is 0 Å². The summed E-state index contributed by atoms with van der Waals surface area (Å²) in [6.07, 6.45) is 0.430. The lowest BCUT2D eigenvalue weighted by Crippen LogP contribution is -2.42. The first-order chi connectivity index (χ1) is 10.4. The molecule has 0 saturated carbocycles. The number of rotatable bonds is 6. The van der Waals surface area contributed by atoms with Crippen molar-refractivity contribution in [3.05, 3.63) is 34.3 Å². The quantitative estimate of drug-likeness (QED) is 0.598. The Bertz CT molecular complexity index is 517. The van der Waals surface area contributed by atoms with Crippen LogP contribution in [0.15, 0.2) is 33.7 Å². The fourth-order valence-electron chi connectivity index (χ4n) is 1.92. The van der Waals surface area contributed by atoms with E-state index in [-0.39, 0.29) is 5.91 Å². The van der Waals surface area contributed by atoms with Gasteiger partial charge in [0.2, 0.25) is 5.91 Å². The molecule has 0 fully saturated rings. The molecule has 2 N–H and O–H groups in total. The van der Waals surface area contributed by atoms with Crippen molar-refractivity contribution >= 4 is 27.8 Å². The Morgan fingerprint density at radius 3 is 2.64 bits per heavy atom. The number of amides is 1. The minimum Gasteiger partial charge on any atom is -0.356 e. The van der Waals surface area contributed by atoms with Gasteiger partial charge in [0.15, 0.2) is 5.96 Å². The number of benzene rings is 1. The van der Waals surface area contributed by atoms with Gasteiger partial charge in [-0.2, -0.15) is 0 Å². The Balaban J connectivity index is 2.40. The Kier molecular flexibility index (Phi) is 7.95. The predicted molar refractivity (Wildman–Crippen MR) is 94.9 cm³/mol. The number of guanidine groups is 1. The minimum atomic E-state index is 0.100. The van der Waals surface area contributed by atoms with Crippen molar-refractivity contribution in [2.24, 2.45) is 4.99 Å². The number of carbonyl (C=O) groups excluding carboxylic acids is 1. The van der Waals surface area contributed by atoms with Crippen molar-refractivity contribution in [1.29, 1.82) is 0 Å². The van der Waals surface area contributed by atoms with Gasteiger partial charge in [-0.15, -0.1) is 0 Å². The van der Waals surface area contributed by atoms with Crippen molar-refractivity contribution in [1.82, 2.24) is 15.5 Å². The summed E-state index contributed by atoms with van der Waals surface area (Å²) in [4.78, 5) is 18.0. The first-order valence-corrected chi connectivity index (χ1v) is 8.18. The van der Waals surface area contributed by atoms with E-state index in [1.807, 2.05) is 45.2 Å². The van der Waals surface area contributed by atoms with E-state index in [1.54, 1.807) is 11.9 Å². The number of hydrogen-bond donors (Lipinski definition) is 2. The van der Waals surface area contributed by atoms with Gasteiger partial charge < -0.3 is 15.5 Å². The molecule has 0 heterocycles. The lowest BCUT2D eigenvalue weighted by molar-refractivity contribution is -0.130. The van der Waals surface area contributed by atoms with Gasteiger partial charge >= 0.3 is 0 Å². The van der Waals surface area contributed by atoms with Crippen LogP contribution in [-0.2, 0) is 11.3 Å². The topological polar surface area (TPSA) is 56.7 Å². The van der Waals surface area contributed by atoms with Gasteiger partial charge in [0, 0.05) is 44.1 Å². The zero-order chi connectivity index (χ0) is 16.5. The van der Waals surface area contributed by atoms with Crippen molar-refractivity contribution in [3.8, 4) is 0 Å². The van der Waals surface area contributed by atoms with Crippen LogP contribution in [0, 0.1) is 0 Å². The maximum Gasteiger partial charge on any atom is 0.224 e. The van der Waals surface area contributed by atoms with E-state index in [2.05, 4.69) is 31.6 Å². The molecule has 0 atom stereocenters. The molecule has 1 rings (SSSR count). The van der Waals surface area contributed by atoms with Gasteiger partial charge in [0.05, 0.1) is 0 Å². The van der Waals surface area contributed by atoms with Crippen molar-refractivity contribution in [2.45, 2.75) is 32.9 Å². The number of halogens is 1. The molecule has 1 amide bonds. The molecule has 6 heteroatoms. The second kappa shape index (κ2) is 9.46. The standard InChI is InChI=1S/C16H25BrN4O/c1-12(2)20-16(18-3)19-10-9-15(22)21(4)11-13-7-5-6-8-14(13)17/h5-8,12H,9-11H2,1-4H3,(H2,18,19,20). The third-order valence-corrected chi connectivity index (χ3v) is 3.85. The van der Waals surface area contributed by atoms with Crippen LogP contribution < -0.4 is 10.6 Å². The average Bonchev–Trinajstić information content (AvgIpc) is 2.47. The summed E-state index contributed by atoms with van der Waals surface area (Å²) < 4.78 is 1.02. The summed E-state index contributed by atoms with van der Waals surface area (Å²) in [6, 6.07) is 8.24. The summed E-state index contributed by atoms with van der Waals surface area (Å²) in [5, 5.41) is 6.33. The second-order valence-electron chi connectivity index (χ2n) is 5.39. The number of nitrogens with zero attached hydrogens (tertiary/aromatic N) is 2. The summed E-state index contributed by atoms with van der Waals surface area (Å²) in [5.74, 6) is 0.819. The first-order valence-electron chi connectivity index (χ1n) is 7.38. The van der Waals surface area contributed by atoms with E-state index in [1.165, 1.54) is 0 Å². The minimum absolute atomic E-state index is 0.100. The van der Waals surface area contributed by atoms with Crippen molar-refractivity contribution in [2.75, 3.05) is 20.6 Å². The van der Waals surface area contributed by atoms with Crippen molar-refractivity contribution in [3.63, 3.8) is 0 Å². The molecule has 22 heavy (non-hydrogen) atoms. The highest BCUT2D eigenvalue weighted by Gasteiger charge is 2.11. The monoisotopic (exact) mass is 368 g/mol. The van der Waals surface area contributed by atoms with E-state index in [9.17, 15) is 4.79 Å². The average molecular weight is 369 g/mol. The summed E-state index contributed by atoms with van der Waals surface area (Å²) in [6.45, 7) is 5.25. The van der Waals surface area contributed by atoms with Crippen LogP contribution in [0.4, 0.5) is 0 Å². The highest BCUT2D eigenvalue weighted by atomic mass is 79.9. The second-order valence-corrected chi connectivity index (χ2v) is 6.24. The van der Waals surface area contributed by atoms with Gasteiger partial charge in [-0.3, -0.25) is 9.79 Å². The molecule has 1 aromatic carbocycles. The molecule has 5 nitrogen and oxygen atoms in total. The Morgan fingerprint density at radius 2 is 2.05 bits per heavy atom. The van der Waals surface area contributed by atoms with E-state index < -0.39 is 0 Å². The Hall–Kier alpha value is -1.56. The van der Waals surface area contributed by atoms with Gasteiger partial charge in [0.1, 0.15) is 0 Å². The predicted octanol–water partition coefficient (Wildman–Crippen LogP) is 2.37. The summed E-state index contributed by atoms with van der Waals surface area (Å²) in [7, 11) is 3.54. The third kappa shape index (κ3) is 6.47. The molecule has 0 unspecified atom stereocenters. The molecule has 122 valence electrons. The smallest absolute Gasteiger partial charge is 0.224 e. The third-order valence-electron chi connectivity index (χ3n) is 3.07. The van der Waals surface area contributed by atoms with Crippen LogP contribution in [0.3, 0.4) is 0 Å². The maximum atomic E-state index is 12.2. The van der Waals surface area contributed by atoms with Gasteiger partial charge in [-0.1, -0.05) is 34.1 Å². The Labute approximate surface area is 141 Å². The van der Waals surface area contributed by atoms with E-state index in [4.69, 9.17) is 0 Å². The number of hydrogen-bond acceptors (Lipinski definition) is 2. The number of carbonyl (C=O) groups is 1. The molecule has 0 saturated heterocycles. The summed E-state index contributed by atoms with van der Waals surface area (Å²) in [5.41, 5.74) is 1.10. The fraction of sp³-hybridized carbons (Fsp3) is 0.500. The van der Waals surface area contributed by atoms with E-state index in [0.29, 0.717) is 25.6 Å². The lowest BCUT2D eigenvalue weighted by Gasteiger charge is -2.19. The zero-order valence-electron chi connectivity index (χ0n) is 13.7. The van der Waals surface area contributed by atoms with Crippen molar-refractivity contribution < 1.29 is 4.79 Å². The molecule has 0 bridgehead atoms. The lowest BCUT2D eigenvalue weighted by atomic mass is 10.2. The van der Waals surface area contributed by atoms with Crippen LogP contribution in [-0.4, -0.2) is 43.4 Å². The fourth-order valence-corrected chi connectivity index (χ4v) is 2.33. The first kappa shape index (κ1) is 18.5. The van der Waals surface area contributed by atoms with E-state index in [0.717, 1.165) is 16.0 Å². The molecule has 0 aliphatic carbocycles. The SMILES string of the molecule is CN=C(NCCC(=O)N(C)Cc1ccccc1Br)NC(C)C. The molecule has 0 radical (unpaired) electrons. The van der Waals surface area contributed by atoms with Crippen LogP contribution in [0.25, 0.3) is 0 Å². The molecule has 1 aromatic rings.